The molecule has 1 atom stereocenters. The summed E-state index contributed by atoms with van der Waals surface area (Å²) in [5.41, 5.74) is 0. The fraction of sp³-hybridized carbons (Fsp3) is 0.583. The van der Waals surface area contributed by atoms with Gasteiger partial charge >= 0.3 is 5.97 Å². The first-order valence-electron chi connectivity index (χ1n) is 5.97. The van der Waals surface area contributed by atoms with Crippen molar-refractivity contribution in [1.82, 2.24) is 9.97 Å². The second-order valence-electron chi connectivity index (χ2n) is 4.34. The SMILES string of the molecule is CCOc1cncc(N[C@H](CC(C)C)C(=O)O)n1. The molecule has 2 N–H and O–H groups in total. The van der Waals surface area contributed by atoms with E-state index in [0.717, 1.165) is 0 Å². The Labute approximate surface area is 106 Å². The zero-order valence-corrected chi connectivity index (χ0v) is 10.9. The molecule has 18 heavy (non-hydrogen) atoms. The van der Waals surface area contributed by atoms with Crippen LogP contribution in [0.5, 0.6) is 5.88 Å². The largest absolute Gasteiger partial charge is 0.480 e. The van der Waals surface area contributed by atoms with E-state index in [1.807, 2.05) is 20.8 Å². The number of aliphatic carboxylic acids is 1. The average molecular weight is 253 g/mol. The van der Waals surface area contributed by atoms with Gasteiger partial charge in [-0.1, -0.05) is 13.8 Å². The molecule has 0 spiro atoms. The summed E-state index contributed by atoms with van der Waals surface area (Å²) in [6.07, 6.45) is 3.50. The lowest BCUT2D eigenvalue weighted by molar-refractivity contribution is -0.138. The van der Waals surface area contributed by atoms with E-state index >= 15 is 0 Å². The number of carboxylic acid groups (broad SMARTS) is 1. The Balaban J connectivity index is 2.73. The number of rotatable bonds is 7. The molecule has 0 radical (unpaired) electrons. The normalized spacial score (nSPS) is 12.2. The quantitative estimate of drug-likeness (QED) is 0.770. The topological polar surface area (TPSA) is 84.3 Å². The van der Waals surface area contributed by atoms with Crippen molar-refractivity contribution in [2.75, 3.05) is 11.9 Å². The first kappa shape index (κ1) is 14.2. The van der Waals surface area contributed by atoms with Gasteiger partial charge in [-0.2, -0.15) is 4.98 Å². The van der Waals surface area contributed by atoms with Gasteiger partial charge in [-0.3, -0.25) is 4.98 Å². The molecule has 0 aliphatic rings. The number of carboxylic acids is 1. The molecule has 1 heterocycles. The highest BCUT2D eigenvalue weighted by Crippen LogP contribution is 2.13. The molecule has 0 saturated carbocycles. The number of carbonyl (C=O) groups is 1. The first-order valence-corrected chi connectivity index (χ1v) is 5.97. The monoisotopic (exact) mass is 253 g/mol. The van der Waals surface area contributed by atoms with Crippen LogP contribution in [0.2, 0.25) is 0 Å². The van der Waals surface area contributed by atoms with Gasteiger partial charge in [0.2, 0.25) is 5.88 Å². The molecule has 1 rings (SSSR count). The molecule has 0 aromatic carbocycles. The third kappa shape index (κ3) is 4.57. The van der Waals surface area contributed by atoms with Crippen molar-refractivity contribution in [3.8, 4) is 5.88 Å². The van der Waals surface area contributed by atoms with Gasteiger partial charge in [0.15, 0.2) is 0 Å². The molecule has 1 aromatic heterocycles. The van der Waals surface area contributed by atoms with Crippen LogP contribution in [0.3, 0.4) is 0 Å². The third-order valence-electron chi connectivity index (χ3n) is 2.23. The van der Waals surface area contributed by atoms with E-state index in [2.05, 4.69) is 15.3 Å². The Morgan fingerprint density at radius 1 is 1.50 bits per heavy atom. The average Bonchev–Trinajstić information content (AvgIpc) is 2.28. The minimum atomic E-state index is -0.896. The summed E-state index contributed by atoms with van der Waals surface area (Å²) >= 11 is 0. The minimum Gasteiger partial charge on any atom is -0.480 e. The number of hydrogen-bond donors (Lipinski definition) is 2. The molecule has 6 heteroatoms. The summed E-state index contributed by atoms with van der Waals surface area (Å²) in [5.74, 6) is 0.180. The highest BCUT2D eigenvalue weighted by Gasteiger charge is 2.19. The highest BCUT2D eigenvalue weighted by atomic mass is 16.5. The van der Waals surface area contributed by atoms with Gasteiger partial charge in [-0.15, -0.1) is 0 Å². The van der Waals surface area contributed by atoms with Crippen molar-refractivity contribution >= 4 is 11.8 Å². The summed E-state index contributed by atoms with van der Waals surface area (Å²) in [6.45, 7) is 6.28. The number of nitrogens with one attached hydrogen (secondary N) is 1. The van der Waals surface area contributed by atoms with Gasteiger partial charge in [-0.05, 0) is 19.3 Å². The maximum atomic E-state index is 11.1. The van der Waals surface area contributed by atoms with Crippen LogP contribution in [0.15, 0.2) is 12.4 Å². The Bertz CT molecular complexity index is 396. The number of hydrogen-bond acceptors (Lipinski definition) is 5. The zero-order valence-electron chi connectivity index (χ0n) is 10.9. The molecule has 0 aliphatic heterocycles. The predicted molar refractivity (Wildman–Crippen MR) is 67.7 cm³/mol. The molecule has 0 saturated heterocycles. The van der Waals surface area contributed by atoms with Crippen LogP contribution in [0, 0.1) is 5.92 Å². The van der Waals surface area contributed by atoms with Crippen molar-refractivity contribution in [2.24, 2.45) is 5.92 Å². The van der Waals surface area contributed by atoms with Crippen LogP contribution in [0.1, 0.15) is 27.2 Å². The Hall–Kier alpha value is -1.85. The van der Waals surface area contributed by atoms with Gasteiger partial charge in [0.05, 0.1) is 19.0 Å². The van der Waals surface area contributed by atoms with Crippen LogP contribution in [0.4, 0.5) is 5.82 Å². The van der Waals surface area contributed by atoms with Gasteiger partial charge in [0.1, 0.15) is 11.9 Å². The lowest BCUT2D eigenvalue weighted by Gasteiger charge is -2.16. The van der Waals surface area contributed by atoms with Crippen LogP contribution in [0.25, 0.3) is 0 Å². The summed E-state index contributed by atoms with van der Waals surface area (Å²) in [4.78, 5) is 19.2. The van der Waals surface area contributed by atoms with Gasteiger partial charge in [0.25, 0.3) is 0 Å². The predicted octanol–water partition coefficient (Wildman–Crippen LogP) is 1.79. The minimum absolute atomic E-state index is 0.279. The van der Waals surface area contributed by atoms with Gasteiger partial charge in [0, 0.05) is 0 Å². The third-order valence-corrected chi connectivity index (χ3v) is 2.23. The summed E-state index contributed by atoms with van der Waals surface area (Å²) in [7, 11) is 0. The smallest absolute Gasteiger partial charge is 0.326 e. The maximum absolute atomic E-state index is 11.1. The fourth-order valence-electron chi connectivity index (χ4n) is 1.51. The lowest BCUT2D eigenvalue weighted by Crippen LogP contribution is -2.31. The summed E-state index contributed by atoms with van der Waals surface area (Å²) in [6, 6.07) is -0.670. The van der Waals surface area contributed by atoms with E-state index in [9.17, 15) is 4.79 Å². The fourth-order valence-corrected chi connectivity index (χ4v) is 1.51. The van der Waals surface area contributed by atoms with E-state index < -0.39 is 12.0 Å². The first-order chi connectivity index (χ1) is 8.52. The molecule has 0 aliphatic carbocycles. The number of aromatic nitrogens is 2. The number of ether oxygens (including phenoxy) is 1. The lowest BCUT2D eigenvalue weighted by atomic mass is 10.0. The Morgan fingerprint density at radius 2 is 2.22 bits per heavy atom. The van der Waals surface area contributed by atoms with Crippen LogP contribution in [-0.4, -0.2) is 33.7 Å². The molecule has 0 amide bonds. The van der Waals surface area contributed by atoms with Crippen molar-refractivity contribution < 1.29 is 14.6 Å². The molecule has 100 valence electrons. The second-order valence-corrected chi connectivity index (χ2v) is 4.34. The molecule has 0 fully saturated rings. The van der Waals surface area contributed by atoms with E-state index in [0.29, 0.717) is 24.7 Å². The van der Waals surface area contributed by atoms with Gasteiger partial charge in [-0.25, -0.2) is 4.79 Å². The molecule has 1 aromatic rings. The second kappa shape index (κ2) is 6.78. The Kier molecular flexibility index (Phi) is 5.35. The van der Waals surface area contributed by atoms with E-state index in [-0.39, 0.29) is 5.92 Å². The van der Waals surface area contributed by atoms with Crippen LogP contribution >= 0.6 is 0 Å². The van der Waals surface area contributed by atoms with E-state index in [1.54, 1.807) is 0 Å². The van der Waals surface area contributed by atoms with Crippen molar-refractivity contribution in [2.45, 2.75) is 33.2 Å². The molecule has 0 bridgehead atoms. The van der Waals surface area contributed by atoms with E-state index in [1.165, 1.54) is 12.4 Å². The maximum Gasteiger partial charge on any atom is 0.326 e. The Morgan fingerprint density at radius 3 is 2.78 bits per heavy atom. The number of anilines is 1. The highest BCUT2D eigenvalue weighted by molar-refractivity contribution is 5.76. The standard InChI is InChI=1S/C12H19N3O3/c1-4-18-11-7-13-6-10(15-11)14-9(12(16)17)5-8(2)3/h6-9H,4-5H2,1-3H3,(H,14,15)(H,16,17)/t9-/m1/s1. The van der Waals surface area contributed by atoms with Crippen molar-refractivity contribution in [3.63, 3.8) is 0 Å². The molecular weight excluding hydrogens is 234 g/mol. The zero-order chi connectivity index (χ0) is 13.5. The summed E-state index contributed by atoms with van der Waals surface area (Å²) in [5, 5.41) is 12.0. The van der Waals surface area contributed by atoms with Crippen molar-refractivity contribution in [3.05, 3.63) is 12.4 Å². The number of nitrogens with zero attached hydrogens (tertiary/aromatic N) is 2. The molecule has 6 nitrogen and oxygen atoms in total. The van der Waals surface area contributed by atoms with Crippen LogP contribution < -0.4 is 10.1 Å². The van der Waals surface area contributed by atoms with Gasteiger partial charge < -0.3 is 15.2 Å². The van der Waals surface area contributed by atoms with Crippen molar-refractivity contribution in [1.29, 1.82) is 0 Å². The summed E-state index contributed by atoms with van der Waals surface area (Å²) < 4.78 is 5.21. The van der Waals surface area contributed by atoms with Crippen LogP contribution in [-0.2, 0) is 4.79 Å². The molecular formula is C12H19N3O3. The van der Waals surface area contributed by atoms with E-state index in [4.69, 9.17) is 9.84 Å². The molecule has 0 unspecified atom stereocenters.